The van der Waals surface area contributed by atoms with Gasteiger partial charge >= 0.3 is 0 Å². The normalized spacial score (nSPS) is 20.4. The van der Waals surface area contributed by atoms with Crippen molar-refractivity contribution in [2.75, 3.05) is 6.61 Å². The Morgan fingerprint density at radius 2 is 2.09 bits per heavy atom. The number of nitrogens with zero attached hydrogens (tertiary/aromatic N) is 3. The zero-order valence-corrected chi connectivity index (χ0v) is 18.7. The number of benzene rings is 1. The molecule has 1 saturated heterocycles. The van der Waals surface area contributed by atoms with Gasteiger partial charge in [-0.1, -0.05) is 5.16 Å². The molecule has 2 N–H and O–H groups in total. The minimum Gasteiger partial charge on any atom is -0.619 e. The number of H-pyrrole nitrogens is 1. The Morgan fingerprint density at radius 3 is 2.76 bits per heavy atom. The van der Waals surface area contributed by atoms with Crippen LogP contribution in [-0.2, 0) is 10.3 Å². The fraction of sp³-hybridized carbons (Fsp3) is 0.400. The summed E-state index contributed by atoms with van der Waals surface area (Å²) in [5.41, 5.74) is 3.64. The monoisotopic (exact) mass is 446 g/mol. The Bertz CT molecular complexity index is 1330. The number of aromatic nitrogens is 4. The topological polar surface area (TPSA) is 111 Å². The number of pyridine rings is 1. The molecule has 2 unspecified atom stereocenters. The van der Waals surface area contributed by atoms with Crippen LogP contribution in [-0.4, -0.2) is 32.9 Å². The summed E-state index contributed by atoms with van der Waals surface area (Å²) in [5, 5.41) is 28.8. The molecule has 2 fully saturated rings. The summed E-state index contributed by atoms with van der Waals surface area (Å²) in [5.74, 6) is 2.06. The van der Waals surface area contributed by atoms with Gasteiger partial charge in [-0.2, -0.15) is 4.73 Å². The van der Waals surface area contributed by atoms with Gasteiger partial charge in [-0.15, -0.1) is 0 Å². The summed E-state index contributed by atoms with van der Waals surface area (Å²) in [4.78, 5) is 8.42. The van der Waals surface area contributed by atoms with Crippen LogP contribution < -0.4 is 4.73 Å². The highest BCUT2D eigenvalue weighted by Gasteiger charge is 2.46. The Labute approximate surface area is 190 Å². The van der Waals surface area contributed by atoms with E-state index >= 15 is 0 Å². The Kier molecular flexibility index (Phi) is 4.57. The van der Waals surface area contributed by atoms with E-state index in [2.05, 4.69) is 10.1 Å². The smallest absolute Gasteiger partial charge is 0.186 e. The highest BCUT2D eigenvalue weighted by Crippen LogP contribution is 2.45. The molecule has 0 radical (unpaired) electrons. The van der Waals surface area contributed by atoms with E-state index in [0.29, 0.717) is 46.1 Å². The van der Waals surface area contributed by atoms with E-state index < -0.39 is 11.7 Å². The standard InChI is InChI=1S/C25H26N4O4/c1-14-22(15(2)33-28-14)17-11-19(23-20(12-17)26-24(27-23)16-7-8-16)25(30,21-6-4-10-32-21)18-5-3-9-29(31)13-18/h3,5,9,11-13,16,21,30H,4,6-8,10H2,1-2H3,(H,26,27). The van der Waals surface area contributed by atoms with Crippen LogP contribution in [0.5, 0.6) is 0 Å². The second-order valence-corrected chi connectivity index (χ2v) is 9.24. The maximum atomic E-state index is 12.4. The van der Waals surface area contributed by atoms with Gasteiger partial charge in [-0.25, -0.2) is 4.98 Å². The first kappa shape index (κ1) is 20.4. The fourth-order valence-corrected chi connectivity index (χ4v) is 5.12. The third kappa shape index (κ3) is 3.24. The summed E-state index contributed by atoms with van der Waals surface area (Å²) in [6.07, 6.45) is 6.08. The Balaban J connectivity index is 1.66. The van der Waals surface area contributed by atoms with Gasteiger partial charge in [0.2, 0.25) is 0 Å². The predicted octanol–water partition coefficient (Wildman–Crippen LogP) is 3.76. The minimum atomic E-state index is -1.55. The van der Waals surface area contributed by atoms with Crippen molar-refractivity contribution in [3.63, 3.8) is 0 Å². The van der Waals surface area contributed by atoms with Crippen LogP contribution in [0.25, 0.3) is 22.2 Å². The molecular formula is C25H26N4O4. The molecule has 0 bridgehead atoms. The number of aryl methyl sites for hydroxylation is 2. The van der Waals surface area contributed by atoms with E-state index in [1.165, 1.54) is 12.4 Å². The van der Waals surface area contributed by atoms with E-state index in [1.807, 2.05) is 26.0 Å². The molecule has 8 heteroatoms. The van der Waals surface area contributed by atoms with Gasteiger partial charge in [-0.3, -0.25) is 0 Å². The summed E-state index contributed by atoms with van der Waals surface area (Å²) in [7, 11) is 0. The van der Waals surface area contributed by atoms with Crippen LogP contribution in [0.1, 0.15) is 60.0 Å². The predicted molar refractivity (Wildman–Crippen MR) is 120 cm³/mol. The quantitative estimate of drug-likeness (QED) is 0.357. The molecule has 3 aromatic heterocycles. The highest BCUT2D eigenvalue weighted by atomic mass is 16.5. The lowest BCUT2D eigenvalue weighted by atomic mass is 9.79. The molecule has 1 aliphatic carbocycles. The molecule has 170 valence electrons. The van der Waals surface area contributed by atoms with Crippen molar-refractivity contribution in [3.8, 4) is 11.1 Å². The van der Waals surface area contributed by atoms with Gasteiger partial charge in [0.1, 0.15) is 17.2 Å². The molecule has 0 spiro atoms. The minimum absolute atomic E-state index is 0.420. The molecule has 1 saturated carbocycles. The first-order valence-electron chi connectivity index (χ1n) is 11.5. The highest BCUT2D eigenvalue weighted by molar-refractivity contribution is 5.87. The Hall–Kier alpha value is -3.23. The van der Waals surface area contributed by atoms with Crippen LogP contribution >= 0.6 is 0 Å². The first-order valence-corrected chi connectivity index (χ1v) is 11.5. The molecule has 2 aliphatic rings. The number of imidazole rings is 1. The average Bonchev–Trinajstić information content (AvgIpc) is 3.18. The van der Waals surface area contributed by atoms with Crippen LogP contribution in [0, 0.1) is 19.1 Å². The van der Waals surface area contributed by atoms with Gasteiger partial charge in [0.25, 0.3) is 0 Å². The van der Waals surface area contributed by atoms with E-state index in [4.69, 9.17) is 14.2 Å². The number of ether oxygens (including phenoxy) is 1. The molecule has 1 aliphatic heterocycles. The fourth-order valence-electron chi connectivity index (χ4n) is 5.12. The van der Waals surface area contributed by atoms with Gasteiger partial charge < -0.3 is 24.6 Å². The first-order chi connectivity index (χ1) is 15.9. The van der Waals surface area contributed by atoms with Crippen molar-refractivity contribution >= 4 is 11.0 Å². The molecule has 6 rings (SSSR count). The maximum Gasteiger partial charge on any atom is 0.186 e. The number of rotatable bonds is 5. The second-order valence-electron chi connectivity index (χ2n) is 9.24. The van der Waals surface area contributed by atoms with Gasteiger partial charge in [-0.05, 0) is 63.3 Å². The summed E-state index contributed by atoms with van der Waals surface area (Å²) in [6, 6.07) is 7.42. The number of fused-ring (bicyclic) bond motifs is 1. The lowest BCUT2D eigenvalue weighted by Gasteiger charge is -2.34. The summed E-state index contributed by atoms with van der Waals surface area (Å²) < 4.78 is 12.2. The van der Waals surface area contributed by atoms with Crippen molar-refractivity contribution in [3.05, 3.63) is 70.3 Å². The molecule has 33 heavy (non-hydrogen) atoms. The molecular weight excluding hydrogens is 420 g/mol. The number of aromatic amines is 1. The third-order valence-corrected chi connectivity index (χ3v) is 6.91. The number of hydrogen-bond acceptors (Lipinski definition) is 6. The molecule has 0 amide bonds. The van der Waals surface area contributed by atoms with Crippen LogP contribution in [0.3, 0.4) is 0 Å². The van der Waals surface area contributed by atoms with Gasteiger partial charge in [0.15, 0.2) is 12.4 Å². The molecule has 1 aromatic carbocycles. The van der Waals surface area contributed by atoms with Crippen LogP contribution in [0.2, 0.25) is 0 Å². The van der Waals surface area contributed by atoms with Gasteiger partial charge in [0.05, 0.1) is 28.4 Å². The zero-order chi connectivity index (χ0) is 22.7. The van der Waals surface area contributed by atoms with Crippen molar-refractivity contribution in [2.24, 2.45) is 0 Å². The molecule has 8 nitrogen and oxygen atoms in total. The number of aliphatic hydroxyl groups is 1. The summed E-state index contributed by atoms with van der Waals surface area (Å²) in [6.45, 7) is 4.35. The van der Waals surface area contributed by atoms with Crippen molar-refractivity contribution in [1.29, 1.82) is 0 Å². The number of hydrogen-bond donors (Lipinski definition) is 2. The average molecular weight is 447 g/mol. The lowest BCUT2D eigenvalue weighted by Crippen LogP contribution is -2.42. The van der Waals surface area contributed by atoms with Crippen LogP contribution in [0.4, 0.5) is 0 Å². The molecule has 4 heterocycles. The maximum absolute atomic E-state index is 12.4. The van der Waals surface area contributed by atoms with Crippen molar-refractivity contribution < 1.29 is 19.1 Å². The SMILES string of the molecule is Cc1noc(C)c1-c1cc(C(O)(c2ccc[n+]([O-])c2)C2CCCO2)c2nc(C3CC3)[nH]c2c1. The summed E-state index contributed by atoms with van der Waals surface area (Å²) >= 11 is 0. The second kappa shape index (κ2) is 7.40. The van der Waals surface area contributed by atoms with Gasteiger partial charge in [0, 0.05) is 29.7 Å². The molecule has 2 atom stereocenters. The van der Waals surface area contributed by atoms with E-state index in [-0.39, 0.29) is 0 Å². The zero-order valence-electron chi connectivity index (χ0n) is 18.7. The largest absolute Gasteiger partial charge is 0.619 e. The third-order valence-electron chi connectivity index (χ3n) is 6.91. The Morgan fingerprint density at radius 1 is 1.24 bits per heavy atom. The molecule has 4 aromatic rings. The van der Waals surface area contributed by atoms with E-state index in [9.17, 15) is 10.3 Å². The van der Waals surface area contributed by atoms with E-state index in [1.54, 1.807) is 12.1 Å². The van der Waals surface area contributed by atoms with Crippen LogP contribution in [0.15, 0.2) is 41.2 Å². The lowest BCUT2D eigenvalue weighted by molar-refractivity contribution is -0.606. The van der Waals surface area contributed by atoms with E-state index in [0.717, 1.165) is 47.4 Å². The van der Waals surface area contributed by atoms with Crippen molar-refractivity contribution in [1.82, 2.24) is 15.1 Å². The number of nitrogens with one attached hydrogen (secondary N) is 1. The van der Waals surface area contributed by atoms with Crippen molar-refractivity contribution in [2.45, 2.75) is 57.2 Å².